The second kappa shape index (κ2) is 10.2. The lowest BCUT2D eigenvalue weighted by molar-refractivity contribution is -0.133. The van der Waals surface area contributed by atoms with Crippen molar-refractivity contribution in [1.29, 1.82) is 5.26 Å². The summed E-state index contributed by atoms with van der Waals surface area (Å²) in [6.07, 6.45) is 1.68. The van der Waals surface area contributed by atoms with Gasteiger partial charge in [0.1, 0.15) is 11.8 Å². The second-order valence-corrected chi connectivity index (χ2v) is 7.83. The number of piperazine rings is 1. The van der Waals surface area contributed by atoms with Gasteiger partial charge < -0.3 is 14.2 Å². The van der Waals surface area contributed by atoms with Gasteiger partial charge in [0.15, 0.2) is 0 Å². The average Bonchev–Trinajstić information content (AvgIpc) is 3.23. The average molecular weight is 412 g/mol. The zero-order chi connectivity index (χ0) is 21.5. The third-order valence-corrected chi connectivity index (χ3v) is 5.42. The van der Waals surface area contributed by atoms with E-state index in [0.29, 0.717) is 44.1 Å². The Morgan fingerprint density at radius 2 is 1.93 bits per heavy atom. The van der Waals surface area contributed by atoms with Crippen molar-refractivity contribution in [2.24, 2.45) is 5.92 Å². The normalized spacial score (nSPS) is 15.8. The number of aromatic nitrogens is 2. The van der Waals surface area contributed by atoms with Crippen molar-refractivity contribution in [3.05, 3.63) is 30.2 Å². The summed E-state index contributed by atoms with van der Waals surface area (Å²) in [7, 11) is 1.62. The summed E-state index contributed by atoms with van der Waals surface area (Å²) in [5.41, 5.74) is 0.858. The van der Waals surface area contributed by atoms with E-state index >= 15 is 0 Å². The standard InChI is InChI=1S/C22H29N5O3/c1-16(2)19(15-23)26-11-13-27(14-12-26)21(28)6-4-5-20-24-22(25-30-20)17-7-9-18(29-3)10-8-17/h7-10,16,19H,4-6,11-14H2,1-3H3. The van der Waals surface area contributed by atoms with E-state index in [-0.39, 0.29) is 17.9 Å². The zero-order valence-electron chi connectivity index (χ0n) is 17.9. The van der Waals surface area contributed by atoms with Crippen molar-refractivity contribution in [3.8, 4) is 23.2 Å². The van der Waals surface area contributed by atoms with Gasteiger partial charge in [-0.25, -0.2) is 0 Å². The van der Waals surface area contributed by atoms with Crippen LogP contribution in [-0.4, -0.2) is 65.2 Å². The lowest BCUT2D eigenvalue weighted by atomic mass is 10.0. The molecule has 1 atom stereocenters. The fourth-order valence-corrected chi connectivity index (χ4v) is 3.66. The molecule has 2 aromatic rings. The minimum atomic E-state index is -0.0836. The van der Waals surface area contributed by atoms with Gasteiger partial charge >= 0.3 is 0 Å². The highest BCUT2D eigenvalue weighted by Gasteiger charge is 2.27. The van der Waals surface area contributed by atoms with Crippen LogP contribution in [0.4, 0.5) is 0 Å². The Bertz CT molecular complexity index is 864. The van der Waals surface area contributed by atoms with Gasteiger partial charge in [-0.15, -0.1) is 0 Å². The second-order valence-electron chi connectivity index (χ2n) is 7.83. The quantitative estimate of drug-likeness (QED) is 0.659. The van der Waals surface area contributed by atoms with E-state index in [2.05, 4.69) is 35.0 Å². The molecule has 160 valence electrons. The molecule has 8 nitrogen and oxygen atoms in total. The summed E-state index contributed by atoms with van der Waals surface area (Å²) >= 11 is 0. The van der Waals surface area contributed by atoms with E-state index in [9.17, 15) is 10.1 Å². The number of hydrogen-bond donors (Lipinski definition) is 0. The van der Waals surface area contributed by atoms with E-state index < -0.39 is 0 Å². The molecular formula is C22H29N5O3. The first kappa shape index (κ1) is 21.8. The molecule has 1 aliphatic heterocycles. The van der Waals surface area contributed by atoms with Crippen molar-refractivity contribution in [2.45, 2.75) is 39.2 Å². The number of methoxy groups -OCH3 is 1. The van der Waals surface area contributed by atoms with E-state index in [1.165, 1.54) is 0 Å². The molecule has 30 heavy (non-hydrogen) atoms. The van der Waals surface area contributed by atoms with E-state index in [1.54, 1.807) is 7.11 Å². The van der Waals surface area contributed by atoms with Crippen LogP contribution >= 0.6 is 0 Å². The first-order chi connectivity index (χ1) is 14.5. The fourth-order valence-electron chi connectivity index (χ4n) is 3.66. The predicted octanol–water partition coefficient (Wildman–Crippen LogP) is 2.76. The molecule has 1 unspecified atom stereocenters. The summed E-state index contributed by atoms with van der Waals surface area (Å²) in [5.74, 6) is 2.27. The van der Waals surface area contributed by atoms with E-state index in [1.807, 2.05) is 29.2 Å². The molecule has 0 bridgehead atoms. The van der Waals surface area contributed by atoms with Crippen LogP contribution in [0.15, 0.2) is 28.8 Å². The number of aryl methyl sites for hydroxylation is 1. The summed E-state index contributed by atoms with van der Waals surface area (Å²) in [6.45, 7) is 6.96. The maximum atomic E-state index is 12.5. The number of carbonyl (C=O) groups excluding carboxylic acids is 1. The van der Waals surface area contributed by atoms with Gasteiger partial charge in [-0.05, 0) is 36.6 Å². The summed E-state index contributed by atoms with van der Waals surface area (Å²) in [5, 5.41) is 13.4. The third-order valence-electron chi connectivity index (χ3n) is 5.42. The Labute approximate surface area is 177 Å². The Hall–Kier alpha value is -2.92. The molecule has 8 heteroatoms. The van der Waals surface area contributed by atoms with Gasteiger partial charge in [-0.2, -0.15) is 10.2 Å². The molecule has 0 radical (unpaired) electrons. The summed E-state index contributed by atoms with van der Waals surface area (Å²) < 4.78 is 10.5. The molecule has 2 heterocycles. The SMILES string of the molecule is COc1ccc(-c2noc(CCCC(=O)N3CCN(C(C#N)C(C)C)CC3)n2)cc1. The third kappa shape index (κ3) is 5.36. The van der Waals surface area contributed by atoms with Crippen molar-refractivity contribution >= 4 is 5.91 Å². The Morgan fingerprint density at radius 1 is 1.23 bits per heavy atom. The van der Waals surface area contributed by atoms with Gasteiger partial charge in [-0.3, -0.25) is 9.69 Å². The molecule has 1 aliphatic rings. The number of amides is 1. The van der Waals surface area contributed by atoms with Crippen molar-refractivity contribution < 1.29 is 14.1 Å². The first-order valence-electron chi connectivity index (χ1n) is 10.4. The molecule has 1 aromatic heterocycles. The highest BCUT2D eigenvalue weighted by atomic mass is 16.5. The zero-order valence-corrected chi connectivity index (χ0v) is 17.9. The first-order valence-corrected chi connectivity index (χ1v) is 10.4. The van der Waals surface area contributed by atoms with Gasteiger partial charge in [0.2, 0.25) is 17.6 Å². The molecule has 1 saturated heterocycles. The number of nitriles is 1. The molecule has 1 aromatic carbocycles. The van der Waals surface area contributed by atoms with Gasteiger partial charge in [0.05, 0.1) is 13.2 Å². The number of nitrogens with zero attached hydrogens (tertiary/aromatic N) is 5. The monoisotopic (exact) mass is 411 g/mol. The lowest BCUT2D eigenvalue weighted by Gasteiger charge is -2.38. The van der Waals surface area contributed by atoms with E-state index in [0.717, 1.165) is 24.4 Å². The predicted molar refractivity (Wildman–Crippen MR) is 112 cm³/mol. The Kier molecular flexibility index (Phi) is 7.41. The summed E-state index contributed by atoms with van der Waals surface area (Å²) in [6, 6.07) is 9.76. The molecule has 0 spiro atoms. The minimum absolute atomic E-state index is 0.0836. The smallest absolute Gasteiger partial charge is 0.226 e. The van der Waals surface area contributed by atoms with Crippen molar-refractivity contribution in [2.75, 3.05) is 33.3 Å². The van der Waals surface area contributed by atoms with Crippen molar-refractivity contribution in [1.82, 2.24) is 19.9 Å². The molecule has 0 N–H and O–H groups in total. The van der Waals surface area contributed by atoms with E-state index in [4.69, 9.17) is 9.26 Å². The molecule has 3 rings (SSSR count). The van der Waals surface area contributed by atoms with Gasteiger partial charge in [0, 0.05) is 44.6 Å². The minimum Gasteiger partial charge on any atom is -0.497 e. The van der Waals surface area contributed by atoms with Crippen LogP contribution < -0.4 is 4.74 Å². The lowest BCUT2D eigenvalue weighted by Crippen LogP contribution is -2.52. The van der Waals surface area contributed by atoms with Crippen LogP contribution in [0.3, 0.4) is 0 Å². The molecule has 0 aliphatic carbocycles. The molecule has 0 saturated carbocycles. The number of ether oxygens (including phenoxy) is 1. The van der Waals surface area contributed by atoms with Crippen molar-refractivity contribution in [3.63, 3.8) is 0 Å². The molecular weight excluding hydrogens is 382 g/mol. The number of benzene rings is 1. The summed E-state index contributed by atoms with van der Waals surface area (Å²) in [4.78, 5) is 21.0. The Morgan fingerprint density at radius 3 is 2.53 bits per heavy atom. The largest absolute Gasteiger partial charge is 0.497 e. The maximum absolute atomic E-state index is 12.5. The molecule has 1 amide bonds. The van der Waals surface area contributed by atoms with Gasteiger partial charge in [0.25, 0.3) is 0 Å². The topological polar surface area (TPSA) is 95.5 Å². The van der Waals surface area contributed by atoms with Crippen LogP contribution in [0.1, 0.15) is 32.6 Å². The number of hydrogen-bond acceptors (Lipinski definition) is 7. The van der Waals surface area contributed by atoms with Crippen LogP contribution in [0.5, 0.6) is 5.75 Å². The van der Waals surface area contributed by atoms with Crippen LogP contribution in [0.2, 0.25) is 0 Å². The maximum Gasteiger partial charge on any atom is 0.226 e. The van der Waals surface area contributed by atoms with Crippen LogP contribution in [-0.2, 0) is 11.2 Å². The molecule has 1 fully saturated rings. The van der Waals surface area contributed by atoms with Crippen LogP contribution in [0.25, 0.3) is 11.4 Å². The highest BCUT2D eigenvalue weighted by Crippen LogP contribution is 2.20. The van der Waals surface area contributed by atoms with Crippen LogP contribution in [0, 0.1) is 17.2 Å². The highest BCUT2D eigenvalue weighted by molar-refractivity contribution is 5.76. The van der Waals surface area contributed by atoms with Gasteiger partial charge in [-0.1, -0.05) is 19.0 Å². The number of carbonyl (C=O) groups is 1. The fraction of sp³-hybridized carbons (Fsp3) is 0.545. The Balaban J connectivity index is 1.43. The number of rotatable bonds is 8.